The molecule has 106 valence electrons. The van der Waals surface area contributed by atoms with Gasteiger partial charge in [0.05, 0.1) is 28.9 Å². The van der Waals surface area contributed by atoms with Crippen LogP contribution < -0.4 is 5.32 Å². The Bertz CT molecular complexity index is 444. The van der Waals surface area contributed by atoms with Crippen molar-refractivity contribution < 1.29 is 9.90 Å². The number of amides is 1. The van der Waals surface area contributed by atoms with Crippen molar-refractivity contribution in [3.8, 4) is 0 Å². The van der Waals surface area contributed by atoms with Gasteiger partial charge in [0.25, 0.3) is 0 Å². The summed E-state index contributed by atoms with van der Waals surface area (Å²) in [6.07, 6.45) is 0. The smallest absolute Gasteiger partial charge is 0.238 e. The number of hydrogen-bond donors (Lipinski definition) is 2. The monoisotopic (exact) mass is 304 g/mol. The Morgan fingerprint density at radius 2 is 1.89 bits per heavy atom. The standard InChI is InChI=1S/C13H18Cl2N2O2/c1-13(2,8-18)17(3)7-11(19)16-12-9(14)5-4-6-10(12)15/h4-6,18H,7-8H2,1-3H3,(H,16,19). The van der Waals surface area contributed by atoms with Crippen LogP contribution in [0.25, 0.3) is 0 Å². The second-order valence-electron chi connectivity index (χ2n) is 4.97. The van der Waals surface area contributed by atoms with Crippen LogP contribution in [0.2, 0.25) is 10.0 Å². The van der Waals surface area contributed by atoms with Gasteiger partial charge in [-0.25, -0.2) is 0 Å². The van der Waals surface area contributed by atoms with Crippen LogP contribution in [0.3, 0.4) is 0 Å². The lowest BCUT2D eigenvalue weighted by molar-refractivity contribution is -0.118. The molecule has 0 aliphatic heterocycles. The summed E-state index contributed by atoms with van der Waals surface area (Å²) >= 11 is 11.9. The molecule has 0 aliphatic carbocycles. The topological polar surface area (TPSA) is 52.6 Å². The Morgan fingerprint density at radius 1 is 1.37 bits per heavy atom. The van der Waals surface area contributed by atoms with Crippen LogP contribution in [0, 0.1) is 0 Å². The first-order valence-electron chi connectivity index (χ1n) is 5.84. The van der Waals surface area contributed by atoms with E-state index in [2.05, 4.69) is 5.32 Å². The molecule has 0 aliphatic rings. The number of likely N-dealkylation sites (N-methyl/N-ethyl adjacent to an activating group) is 1. The largest absolute Gasteiger partial charge is 0.394 e. The van der Waals surface area contributed by atoms with Gasteiger partial charge in [0.2, 0.25) is 5.91 Å². The van der Waals surface area contributed by atoms with Gasteiger partial charge in [0, 0.05) is 5.54 Å². The molecule has 0 aromatic heterocycles. The van der Waals surface area contributed by atoms with Crippen molar-refractivity contribution in [2.45, 2.75) is 19.4 Å². The van der Waals surface area contributed by atoms with Crippen LogP contribution in [0.1, 0.15) is 13.8 Å². The highest BCUT2D eigenvalue weighted by Crippen LogP contribution is 2.29. The van der Waals surface area contributed by atoms with E-state index >= 15 is 0 Å². The summed E-state index contributed by atoms with van der Waals surface area (Å²) in [6, 6.07) is 5.02. The lowest BCUT2D eigenvalue weighted by Crippen LogP contribution is -2.47. The molecule has 0 saturated carbocycles. The van der Waals surface area contributed by atoms with Crippen LogP contribution in [0.5, 0.6) is 0 Å². The molecule has 0 atom stereocenters. The summed E-state index contributed by atoms with van der Waals surface area (Å²) in [7, 11) is 1.77. The third kappa shape index (κ3) is 4.35. The summed E-state index contributed by atoms with van der Waals surface area (Å²) in [5.41, 5.74) is -0.0622. The van der Waals surface area contributed by atoms with E-state index in [9.17, 15) is 9.90 Å². The molecule has 1 aromatic rings. The van der Waals surface area contributed by atoms with Crippen LogP contribution in [-0.2, 0) is 4.79 Å². The van der Waals surface area contributed by atoms with E-state index in [1.165, 1.54) is 0 Å². The van der Waals surface area contributed by atoms with Crippen molar-refractivity contribution in [3.63, 3.8) is 0 Å². The number of hydrogen-bond acceptors (Lipinski definition) is 3. The highest BCUT2D eigenvalue weighted by atomic mass is 35.5. The molecule has 0 heterocycles. The summed E-state index contributed by atoms with van der Waals surface area (Å²) in [6.45, 7) is 3.80. The average molecular weight is 305 g/mol. The average Bonchev–Trinajstić information content (AvgIpc) is 2.34. The number of nitrogens with one attached hydrogen (secondary N) is 1. The highest BCUT2D eigenvalue weighted by molar-refractivity contribution is 6.39. The van der Waals surface area contributed by atoms with Crippen molar-refractivity contribution in [3.05, 3.63) is 28.2 Å². The summed E-state index contributed by atoms with van der Waals surface area (Å²) in [5, 5.41) is 12.7. The summed E-state index contributed by atoms with van der Waals surface area (Å²) in [4.78, 5) is 13.7. The zero-order valence-electron chi connectivity index (χ0n) is 11.2. The van der Waals surface area contributed by atoms with Gasteiger partial charge in [-0.15, -0.1) is 0 Å². The van der Waals surface area contributed by atoms with E-state index in [1.54, 1.807) is 30.1 Å². The molecule has 0 radical (unpaired) electrons. The number of aliphatic hydroxyl groups is 1. The molecule has 19 heavy (non-hydrogen) atoms. The Morgan fingerprint density at radius 3 is 2.37 bits per heavy atom. The van der Waals surface area contributed by atoms with E-state index in [0.717, 1.165) is 0 Å². The number of anilines is 1. The maximum Gasteiger partial charge on any atom is 0.238 e. The van der Waals surface area contributed by atoms with Gasteiger partial charge in [0.15, 0.2) is 0 Å². The SMILES string of the molecule is CN(CC(=O)Nc1c(Cl)cccc1Cl)C(C)(C)CO. The fourth-order valence-electron chi connectivity index (χ4n) is 1.35. The molecule has 6 heteroatoms. The minimum Gasteiger partial charge on any atom is -0.394 e. The zero-order valence-corrected chi connectivity index (χ0v) is 12.7. The number of halogens is 2. The van der Waals surface area contributed by atoms with Crippen molar-refractivity contribution >= 4 is 34.8 Å². The molecule has 1 aromatic carbocycles. The van der Waals surface area contributed by atoms with E-state index < -0.39 is 5.54 Å². The first-order chi connectivity index (χ1) is 8.77. The lowest BCUT2D eigenvalue weighted by atomic mass is 10.1. The Hall–Kier alpha value is -0.810. The molecule has 1 rings (SSSR count). The molecular weight excluding hydrogens is 287 g/mol. The summed E-state index contributed by atoms with van der Waals surface area (Å²) in [5.74, 6) is -0.237. The normalized spacial score (nSPS) is 11.7. The molecule has 0 saturated heterocycles. The Labute approximate surface area is 123 Å². The van der Waals surface area contributed by atoms with Gasteiger partial charge in [-0.05, 0) is 33.0 Å². The number of nitrogens with zero attached hydrogens (tertiary/aromatic N) is 1. The molecule has 1 amide bonds. The van der Waals surface area contributed by atoms with Gasteiger partial charge in [-0.1, -0.05) is 29.3 Å². The van der Waals surface area contributed by atoms with Crippen molar-refractivity contribution in [2.24, 2.45) is 0 Å². The number of rotatable bonds is 5. The molecule has 4 nitrogen and oxygen atoms in total. The molecule has 0 fully saturated rings. The van der Waals surface area contributed by atoms with Crippen molar-refractivity contribution in [2.75, 3.05) is 25.5 Å². The minimum absolute atomic E-state index is 0.0381. The predicted molar refractivity (Wildman–Crippen MR) is 78.9 cm³/mol. The first kappa shape index (κ1) is 16.2. The van der Waals surface area contributed by atoms with Crippen molar-refractivity contribution in [1.29, 1.82) is 0 Å². The van der Waals surface area contributed by atoms with Gasteiger partial charge in [0.1, 0.15) is 0 Å². The minimum atomic E-state index is -0.471. The molecule has 0 unspecified atom stereocenters. The fraction of sp³-hybridized carbons (Fsp3) is 0.462. The Balaban J connectivity index is 2.71. The van der Waals surface area contributed by atoms with Gasteiger partial charge in [-0.3, -0.25) is 9.69 Å². The maximum atomic E-state index is 11.9. The fourth-order valence-corrected chi connectivity index (χ4v) is 1.84. The number of aliphatic hydroxyl groups excluding tert-OH is 1. The molecule has 2 N–H and O–H groups in total. The third-order valence-electron chi connectivity index (χ3n) is 3.03. The zero-order chi connectivity index (χ0) is 14.6. The highest BCUT2D eigenvalue weighted by Gasteiger charge is 2.24. The van der Waals surface area contributed by atoms with Crippen LogP contribution in [0.15, 0.2) is 18.2 Å². The van der Waals surface area contributed by atoms with E-state index in [1.807, 2.05) is 13.8 Å². The number of carbonyl (C=O) groups is 1. The molecule has 0 spiro atoms. The van der Waals surface area contributed by atoms with Crippen LogP contribution in [-0.4, -0.2) is 41.7 Å². The first-order valence-corrected chi connectivity index (χ1v) is 6.59. The van der Waals surface area contributed by atoms with E-state index in [4.69, 9.17) is 23.2 Å². The molecule has 0 bridgehead atoms. The van der Waals surface area contributed by atoms with Crippen LogP contribution in [0.4, 0.5) is 5.69 Å². The summed E-state index contributed by atoms with van der Waals surface area (Å²) < 4.78 is 0. The number of benzene rings is 1. The van der Waals surface area contributed by atoms with Gasteiger partial charge in [-0.2, -0.15) is 0 Å². The van der Waals surface area contributed by atoms with Crippen molar-refractivity contribution in [1.82, 2.24) is 4.90 Å². The van der Waals surface area contributed by atoms with Crippen LogP contribution >= 0.6 is 23.2 Å². The van der Waals surface area contributed by atoms with Gasteiger partial charge >= 0.3 is 0 Å². The third-order valence-corrected chi connectivity index (χ3v) is 3.66. The predicted octanol–water partition coefficient (Wildman–Crippen LogP) is 2.63. The quantitative estimate of drug-likeness (QED) is 0.879. The second-order valence-corrected chi connectivity index (χ2v) is 5.79. The van der Waals surface area contributed by atoms with E-state index in [-0.39, 0.29) is 19.1 Å². The maximum absolute atomic E-state index is 11.9. The number of carbonyl (C=O) groups excluding carboxylic acids is 1. The van der Waals surface area contributed by atoms with Gasteiger partial charge < -0.3 is 10.4 Å². The number of para-hydroxylation sites is 1. The van der Waals surface area contributed by atoms with E-state index in [0.29, 0.717) is 15.7 Å². The lowest BCUT2D eigenvalue weighted by Gasteiger charge is -2.33. The molecular formula is C13H18Cl2N2O2. The Kier molecular flexibility index (Phi) is 5.62. The second kappa shape index (κ2) is 6.57.